The molecule has 0 heterocycles. The number of carbonyl (C=O) groups is 1. The number of nitrogens with one attached hydrogen (secondary N) is 1. The van der Waals surface area contributed by atoms with Gasteiger partial charge < -0.3 is 14.8 Å². The fourth-order valence-corrected chi connectivity index (χ4v) is 6.06. The Bertz CT molecular complexity index is 1620. The first-order valence-electron chi connectivity index (χ1n) is 12.6. The van der Waals surface area contributed by atoms with Crippen molar-refractivity contribution in [1.82, 2.24) is 5.32 Å². The summed E-state index contributed by atoms with van der Waals surface area (Å²) in [4.78, 5) is 12.9. The predicted molar refractivity (Wildman–Crippen MR) is 155 cm³/mol. The molecule has 0 bridgehead atoms. The molecule has 0 saturated carbocycles. The van der Waals surface area contributed by atoms with Crippen molar-refractivity contribution in [1.29, 1.82) is 0 Å². The van der Waals surface area contributed by atoms with Crippen LogP contribution in [-0.4, -0.2) is 41.6 Å². The van der Waals surface area contributed by atoms with Gasteiger partial charge in [-0.1, -0.05) is 61.0 Å². The Morgan fingerprint density at radius 1 is 0.975 bits per heavy atom. The van der Waals surface area contributed by atoms with Crippen LogP contribution in [0.3, 0.4) is 0 Å². The number of anilines is 1. The molecule has 0 radical (unpaired) electrons. The molecule has 1 amide bonds. The summed E-state index contributed by atoms with van der Waals surface area (Å²) in [5.41, 5.74) is 1.21. The maximum atomic E-state index is 13.9. The lowest BCUT2D eigenvalue weighted by Gasteiger charge is -2.25. The van der Waals surface area contributed by atoms with Crippen molar-refractivity contribution in [2.45, 2.75) is 18.2 Å². The summed E-state index contributed by atoms with van der Waals surface area (Å²) in [6.07, 6.45) is 0.725. The molecule has 0 aromatic heterocycles. The standard InChI is InChI=1S/C30H30ClFN2O5S/c1-20(15-22-9-6-8-21-7-4-5-10-25(21)22)18-33-30(35)19-34(23-11-13-27(32)26(31)16-23)40(36,37)24-12-14-28(38-2)29(17-24)39-3/h4-14,16-17,20H,15,18-19H2,1-3H3,(H,33,35). The minimum absolute atomic E-state index is 0.0418. The number of hydrogen-bond acceptors (Lipinski definition) is 5. The zero-order valence-electron chi connectivity index (χ0n) is 22.4. The van der Waals surface area contributed by atoms with Gasteiger partial charge in [-0.25, -0.2) is 12.8 Å². The lowest BCUT2D eigenvalue weighted by molar-refractivity contribution is -0.119. The van der Waals surface area contributed by atoms with E-state index in [1.807, 2.05) is 25.1 Å². The van der Waals surface area contributed by atoms with E-state index in [1.54, 1.807) is 0 Å². The SMILES string of the molecule is COc1ccc(S(=O)(=O)N(CC(=O)NCC(C)Cc2cccc3ccccc23)c2ccc(F)c(Cl)c2)cc1OC. The first-order chi connectivity index (χ1) is 19.1. The molecule has 1 atom stereocenters. The summed E-state index contributed by atoms with van der Waals surface area (Å²) in [6.45, 7) is 1.80. The number of methoxy groups -OCH3 is 2. The number of fused-ring (bicyclic) bond motifs is 1. The number of benzene rings is 4. The highest BCUT2D eigenvalue weighted by atomic mass is 35.5. The third-order valence-corrected chi connectivity index (χ3v) is 8.58. The minimum atomic E-state index is -4.29. The van der Waals surface area contributed by atoms with E-state index in [1.165, 1.54) is 50.1 Å². The fourth-order valence-electron chi connectivity index (χ4n) is 4.45. The number of nitrogens with zero attached hydrogens (tertiary/aromatic N) is 1. The molecule has 40 heavy (non-hydrogen) atoms. The number of hydrogen-bond donors (Lipinski definition) is 1. The first kappa shape index (κ1) is 29.2. The highest BCUT2D eigenvalue weighted by Gasteiger charge is 2.29. The van der Waals surface area contributed by atoms with Gasteiger partial charge in [0.15, 0.2) is 11.5 Å². The van der Waals surface area contributed by atoms with E-state index < -0.39 is 28.3 Å². The van der Waals surface area contributed by atoms with Crippen LogP contribution in [-0.2, 0) is 21.2 Å². The number of sulfonamides is 1. The predicted octanol–water partition coefficient (Wildman–Crippen LogP) is 5.84. The van der Waals surface area contributed by atoms with Crippen LogP contribution >= 0.6 is 11.6 Å². The summed E-state index contributed by atoms with van der Waals surface area (Å²) in [5.74, 6) is -0.607. The van der Waals surface area contributed by atoms with Gasteiger partial charge in [0.1, 0.15) is 12.4 Å². The molecular weight excluding hydrogens is 555 g/mol. The quantitative estimate of drug-likeness (QED) is 0.239. The molecule has 4 aromatic carbocycles. The molecule has 210 valence electrons. The van der Waals surface area contributed by atoms with Crippen molar-refractivity contribution in [3.05, 3.63) is 95.3 Å². The van der Waals surface area contributed by atoms with E-state index in [9.17, 15) is 17.6 Å². The molecule has 1 N–H and O–H groups in total. The van der Waals surface area contributed by atoms with Gasteiger partial charge in [-0.2, -0.15) is 0 Å². The first-order valence-corrected chi connectivity index (χ1v) is 14.4. The van der Waals surface area contributed by atoms with E-state index in [-0.39, 0.29) is 27.3 Å². The van der Waals surface area contributed by atoms with Crippen molar-refractivity contribution in [2.75, 3.05) is 31.6 Å². The van der Waals surface area contributed by atoms with Crippen molar-refractivity contribution >= 4 is 44.0 Å². The average molecular weight is 585 g/mol. The van der Waals surface area contributed by atoms with E-state index >= 15 is 0 Å². The van der Waals surface area contributed by atoms with Gasteiger partial charge in [0.25, 0.3) is 10.0 Å². The van der Waals surface area contributed by atoms with Crippen LogP contribution in [0.5, 0.6) is 11.5 Å². The second kappa shape index (κ2) is 12.6. The normalized spacial score (nSPS) is 12.1. The van der Waals surface area contributed by atoms with Gasteiger partial charge in [0.2, 0.25) is 5.91 Å². The monoisotopic (exact) mass is 584 g/mol. The Kier molecular flexibility index (Phi) is 9.17. The third-order valence-electron chi connectivity index (χ3n) is 6.52. The number of rotatable bonds is 11. The zero-order chi connectivity index (χ0) is 28.9. The maximum Gasteiger partial charge on any atom is 0.264 e. The molecule has 0 spiro atoms. The Hall–Kier alpha value is -3.82. The lowest BCUT2D eigenvalue weighted by Crippen LogP contribution is -2.42. The Morgan fingerprint density at radius 3 is 2.42 bits per heavy atom. The van der Waals surface area contributed by atoms with Crippen molar-refractivity contribution in [3.8, 4) is 11.5 Å². The van der Waals surface area contributed by atoms with Crippen molar-refractivity contribution in [3.63, 3.8) is 0 Å². The number of halogens is 2. The van der Waals surface area contributed by atoms with Crippen LogP contribution < -0.4 is 19.1 Å². The van der Waals surface area contributed by atoms with E-state index in [2.05, 4.69) is 29.6 Å². The zero-order valence-corrected chi connectivity index (χ0v) is 23.9. The number of amides is 1. The summed E-state index contributed by atoms with van der Waals surface area (Å²) in [6, 6.07) is 21.8. The molecule has 4 aromatic rings. The van der Waals surface area contributed by atoms with Crippen LogP contribution in [0.1, 0.15) is 12.5 Å². The van der Waals surface area contributed by atoms with Gasteiger partial charge in [-0.05, 0) is 59.0 Å². The maximum absolute atomic E-state index is 13.9. The Labute approximate surface area is 238 Å². The van der Waals surface area contributed by atoms with Gasteiger partial charge in [-0.3, -0.25) is 9.10 Å². The summed E-state index contributed by atoms with van der Waals surface area (Å²) in [5, 5.41) is 4.87. The van der Waals surface area contributed by atoms with Gasteiger partial charge >= 0.3 is 0 Å². The van der Waals surface area contributed by atoms with Crippen molar-refractivity contribution in [2.24, 2.45) is 5.92 Å². The van der Waals surface area contributed by atoms with E-state index in [4.69, 9.17) is 21.1 Å². The van der Waals surface area contributed by atoms with Gasteiger partial charge in [0.05, 0.1) is 29.8 Å². The van der Waals surface area contributed by atoms with Crippen LogP contribution in [0.15, 0.2) is 83.8 Å². The molecule has 10 heteroatoms. The summed E-state index contributed by atoms with van der Waals surface area (Å²) < 4.78 is 52.8. The molecule has 7 nitrogen and oxygen atoms in total. The molecule has 0 fully saturated rings. The number of carbonyl (C=O) groups excluding carboxylic acids is 1. The van der Waals surface area contributed by atoms with Crippen LogP contribution in [0.25, 0.3) is 10.8 Å². The third kappa shape index (κ3) is 6.48. The molecule has 1 unspecified atom stereocenters. The minimum Gasteiger partial charge on any atom is -0.493 e. The molecule has 0 aliphatic rings. The largest absolute Gasteiger partial charge is 0.493 e. The number of ether oxygens (including phenoxy) is 2. The lowest BCUT2D eigenvalue weighted by atomic mass is 9.96. The molecular formula is C30H30ClFN2O5S. The van der Waals surface area contributed by atoms with Gasteiger partial charge in [-0.15, -0.1) is 0 Å². The summed E-state index contributed by atoms with van der Waals surface area (Å²) >= 11 is 5.97. The second-order valence-corrected chi connectivity index (χ2v) is 11.6. The fraction of sp³-hybridized carbons (Fsp3) is 0.233. The average Bonchev–Trinajstić information content (AvgIpc) is 2.96. The highest BCUT2D eigenvalue weighted by Crippen LogP contribution is 2.33. The smallest absolute Gasteiger partial charge is 0.264 e. The molecule has 0 saturated heterocycles. The van der Waals surface area contributed by atoms with Crippen LogP contribution in [0.2, 0.25) is 5.02 Å². The molecule has 0 aliphatic carbocycles. The van der Waals surface area contributed by atoms with Gasteiger partial charge in [0, 0.05) is 12.6 Å². The molecule has 4 rings (SSSR count). The van der Waals surface area contributed by atoms with Crippen LogP contribution in [0.4, 0.5) is 10.1 Å². The molecule has 0 aliphatic heterocycles. The topological polar surface area (TPSA) is 84.9 Å². The van der Waals surface area contributed by atoms with E-state index in [0.717, 1.165) is 27.6 Å². The second-order valence-electron chi connectivity index (χ2n) is 9.38. The van der Waals surface area contributed by atoms with Crippen LogP contribution in [0, 0.1) is 11.7 Å². The van der Waals surface area contributed by atoms with Crippen molar-refractivity contribution < 1.29 is 27.1 Å². The van der Waals surface area contributed by atoms with E-state index in [0.29, 0.717) is 12.3 Å². The Morgan fingerprint density at radius 2 is 1.70 bits per heavy atom. The Balaban J connectivity index is 1.54. The highest BCUT2D eigenvalue weighted by molar-refractivity contribution is 7.92. The summed E-state index contributed by atoms with van der Waals surface area (Å²) in [7, 11) is -1.47.